The third-order valence-corrected chi connectivity index (χ3v) is 5.51. The molecule has 1 aliphatic rings. The van der Waals surface area contributed by atoms with E-state index in [1.54, 1.807) is 24.1 Å². The second-order valence-electron chi connectivity index (χ2n) is 7.62. The number of methoxy groups -OCH3 is 2. The van der Waals surface area contributed by atoms with Crippen molar-refractivity contribution >= 4 is 23.2 Å². The Morgan fingerprint density at radius 1 is 1.00 bits per heavy atom. The molecule has 0 fully saturated rings. The van der Waals surface area contributed by atoms with Crippen LogP contribution in [0.25, 0.3) is 0 Å². The molecule has 1 aliphatic heterocycles. The first-order valence-electron chi connectivity index (χ1n) is 11.0. The van der Waals surface area contributed by atoms with E-state index < -0.39 is 6.17 Å². The minimum absolute atomic E-state index is 0.116. The lowest BCUT2D eigenvalue weighted by Gasteiger charge is -2.38. The predicted molar refractivity (Wildman–Crippen MR) is 130 cm³/mol. The zero-order chi connectivity index (χ0) is 24.1. The Balaban J connectivity index is 1.70. The van der Waals surface area contributed by atoms with Gasteiger partial charge < -0.3 is 24.8 Å². The summed E-state index contributed by atoms with van der Waals surface area (Å²) < 4.78 is 16.5. The third-order valence-electron chi connectivity index (χ3n) is 5.51. The second-order valence-corrected chi connectivity index (χ2v) is 7.62. The molecule has 8 heteroatoms. The number of ether oxygens (including phenoxy) is 3. The van der Waals surface area contributed by atoms with Gasteiger partial charge in [0.05, 0.1) is 19.8 Å². The van der Waals surface area contributed by atoms with Crippen molar-refractivity contribution in [2.45, 2.75) is 13.1 Å². The summed E-state index contributed by atoms with van der Waals surface area (Å²) >= 11 is 0. The molecule has 0 spiro atoms. The van der Waals surface area contributed by atoms with Crippen LogP contribution < -0.4 is 29.7 Å². The highest BCUT2D eigenvalue weighted by molar-refractivity contribution is 6.12. The molecule has 1 heterocycles. The molecule has 176 valence electrons. The van der Waals surface area contributed by atoms with Crippen LogP contribution in [0.2, 0.25) is 0 Å². The second kappa shape index (κ2) is 10.2. The number of hydrogen-bond donors (Lipinski definition) is 2. The van der Waals surface area contributed by atoms with E-state index in [4.69, 9.17) is 14.2 Å². The van der Waals surface area contributed by atoms with E-state index in [0.29, 0.717) is 35.0 Å². The number of nitrogens with zero attached hydrogens (tertiary/aromatic N) is 1. The van der Waals surface area contributed by atoms with Crippen LogP contribution in [0.15, 0.2) is 66.7 Å². The first kappa shape index (κ1) is 23.0. The molecule has 0 saturated heterocycles. The van der Waals surface area contributed by atoms with Crippen molar-refractivity contribution in [3.8, 4) is 17.2 Å². The molecule has 2 amide bonds. The van der Waals surface area contributed by atoms with Gasteiger partial charge in [0.2, 0.25) is 0 Å². The van der Waals surface area contributed by atoms with Crippen molar-refractivity contribution in [1.82, 2.24) is 5.32 Å². The summed E-state index contributed by atoms with van der Waals surface area (Å²) in [5, 5.41) is 6.17. The van der Waals surface area contributed by atoms with E-state index in [-0.39, 0.29) is 18.4 Å². The van der Waals surface area contributed by atoms with Gasteiger partial charge in [0.1, 0.15) is 11.9 Å². The normalized spacial score (nSPS) is 14.6. The van der Waals surface area contributed by atoms with E-state index in [1.807, 2.05) is 61.5 Å². The van der Waals surface area contributed by atoms with Crippen LogP contribution in [0.4, 0.5) is 11.4 Å². The molecule has 0 aliphatic carbocycles. The molecule has 2 N–H and O–H groups in total. The number of benzene rings is 3. The van der Waals surface area contributed by atoms with Crippen molar-refractivity contribution in [2.24, 2.45) is 0 Å². The summed E-state index contributed by atoms with van der Waals surface area (Å²) in [6.45, 7) is 2.26. The van der Waals surface area contributed by atoms with Crippen LogP contribution in [-0.4, -0.2) is 39.2 Å². The van der Waals surface area contributed by atoms with Gasteiger partial charge in [0.25, 0.3) is 11.8 Å². The zero-order valence-corrected chi connectivity index (χ0v) is 19.3. The van der Waals surface area contributed by atoms with E-state index >= 15 is 0 Å². The zero-order valence-electron chi connectivity index (χ0n) is 19.3. The summed E-state index contributed by atoms with van der Waals surface area (Å²) in [6, 6.07) is 20.1. The number of likely N-dealkylation sites (N-methyl/N-ethyl adjacent to an activating group) is 1. The molecule has 0 bridgehead atoms. The Bertz CT molecular complexity index is 1180. The van der Waals surface area contributed by atoms with Gasteiger partial charge in [-0.15, -0.1) is 0 Å². The molecule has 34 heavy (non-hydrogen) atoms. The standard InChI is InChI=1S/C26H27N3O5/c1-4-27-24(30)16-34-22-14-9-17(15-23(22)33-3)25-28-21-8-6-5-7-20(21)26(31)29(25)18-10-12-19(32-2)13-11-18/h5-15,25,28H,4,16H2,1-3H3,(H,27,30)/t25-/m0/s1. The molecule has 0 saturated carbocycles. The molecular weight excluding hydrogens is 434 g/mol. The van der Waals surface area contributed by atoms with Gasteiger partial charge >= 0.3 is 0 Å². The van der Waals surface area contributed by atoms with Gasteiger partial charge in [-0.1, -0.05) is 18.2 Å². The number of fused-ring (bicyclic) bond motifs is 1. The van der Waals surface area contributed by atoms with Crippen molar-refractivity contribution in [2.75, 3.05) is 37.6 Å². The van der Waals surface area contributed by atoms with Crippen LogP contribution in [0, 0.1) is 0 Å². The topological polar surface area (TPSA) is 89.1 Å². The number of carbonyl (C=O) groups excluding carboxylic acids is 2. The van der Waals surface area contributed by atoms with E-state index in [2.05, 4.69) is 10.6 Å². The lowest BCUT2D eigenvalue weighted by molar-refractivity contribution is -0.123. The molecule has 1 atom stereocenters. The SMILES string of the molecule is CCNC(=O)COc1ccc([C@H]2Nc3ccccc3C(=O)N2c2ccc(OC)cc2)cc1OC. The minimum Gasteiger partial charge on any atom is -0.497 e. The summed E-state index contributed by atoms with van der Waals surface area (Å²) in [7, 11) is 3.14. The maximum atomic E-state index is 13.6. The highest BCUT2D eigenvalue weighted by Gasteiger charge is 2.34. The van der Waals surface area contributed by atoms with E-state index in [0.717, 1.165) is 11.3 Å². The number of rotatable bonds is 8. The van der Waals surface area contributed by atoms with Crippen LogP contribution in [0.1, 0.15) is 29.0 Å². The number of nitrogens with one attached hydrogen (secondary N) is 2. The molecular formula is C26H27N3O5. The number of anilines is 2. The largest absolute Gasteiger partial charge is 0.497 e. The lowest BCUT2D eigenvalue weighted by Crippen LogP contribution is -2.43. The summed E-state index contributed by atoms with van der Waals surface area (Å²) in [5.74, 6) is 1.27. The molecule has 0 unspecified atom stereocenters. The van der Waals surface area contributed by atoms with Crippen LogP contribution in [0.5, 0.6) is 17.2 Å². The van der Waals surface area contributed by atoms with Crippen molar-refractivity contribution in [1.29, 1.82) is 0 Å². The van der Waals surface area contributed by atoms with Crippen molar-refractivity contribution in [3.05, 3.63) is 77.9 Å². The molecule has 8 nitrogen and oxygen atoms in total. The number of para-hydroxylation sites is 1. The third kappa shape index (κ3) is 4.61. The first-order chi connectivity index (χ1) is 16.5. The van der Waals surface area contributed by atoms with Gasteiger partial charge in [-0.2, -0.15) is 0 Å². The fourth-order valence-electron chi connectivity index (χ4n) is 3.86. The molecule has 4 rings (SSSR count). The van der Waals surface area contributed by atoms with E-state index in [1.165, 1.54) is 7.11 Å². The Hall–Kier alpha value is -4.20. The Morgan fingerprint density at radius 3 is 2.47 bits per heavy atom. The average molecular weight is 462 g/mol. The van der Waals surface area contributed by atoms with Gasteiger partial charge in [-0.25, -0.2) is 0 Å². The number of hydrogen-bond acceptors (Lipinski definition) is 6. The average Bonchev–Trinajstić information content (AvgIpc) is 2.87. The van der Waals surface area contributed by atoms with Gasteiger partial charge in [0, 0.05) is 17.9 Å². The van der Waals surface area contributed by atoms with Crippen LogP contribution >= 0.6 is 0 Å². The van der Waals surface area contributed by atoms with Crippen molar-refractivity contribution in [3.63, 3.8) is 0 Å². The summed E-state index contributed by atoms with van der Waals surface area (Å²) in [6.07, 6.45) is -0.498. The molecule has 0 aromatic heterocycles. The summed E-state index contributed by atoms with van der Waals surface area (Å²) in [4.78, 5) is 27.1. The molecule has 3 aromatic rings. The fourth-order valence-corrected chi connectivity index (χ4v) is 3.86. The fraction of sp³-hybridized carbons (Fsp3) is 0.231. The number of amides is 2. The minimum atomic E-state index is -0.498. The Morgan fingerprint density at radius 2 is 1.76 bits per heavy atom. The molecule has 3 aromatic carbocycles. The van der Waals surface area contributed by atoms with Gasteiger partial charge in [-0.05, 0) is 61.0 Å². The highest BCUT2D eigenvalue weighted by Crippen LogP contribution is 2.39. The van der Waals surface area contributed by atoms with E-state index in [9.17, 15) is 9.59 Å². The number of carbonyl (C=O) groups is 2. The van der Waals surface area contributed by atoms with Gasteiger partial charge in [-0.3, -0.25) is 14.5 Å². The Labute approximate surface area is 198 Å². The van der Waals surface area contributed by atoms with Gasteiger partial charge in [0.15, 0.2) is 18.1 Å². The quantitative estimate of drug-likeness (QED) is 0.527. The summed E-state index contributed by atoms with van der Waals surface area (Å²) in [5.41, 5.74) is 2.84. The van der Waals surface area contributed by atoms with Crippen LogP contribution in [0.3, 0.4) is 0 Å². The van der Waals surface area contributed by atoms with Crippen molar-refractivity contribution < 1.29 is 23.8 Å². The smallest absolute Gasteiger partial charge is 0.262 e. The maximum absolute atomic E-state index is 13.6. The van der Waals surface area contributed by atoms with Crippen LogP contribution in [-0.2, 0) is 4.79 Å². The predicted octanol–water partition coefficient (Wildman–Crippen LogP) is 3.99. The monoisotopic (exact) mass is 461 g/mol. The molecule has 0 radical (unpaired) electrons. The highest BCUT2D eigenvalue weighted by atomic mass is 16.5. The Kier molecular flexibility index (Phi) is 6.87. The lowest BCUT2D eigenvalue weighted by atomic mass is 10.0. The first-order valence-corrected chi connectivity index (χ1v) is 11.0. The maximum Gasteiger partial charge on any atom is 0.262 e.